The van der Waals surface area contributed by atoms with Crippen LogP contribution in [0.3, 0.4) is 0 Å². The van der Waals surface area contributed by atoms with Crippen LogP contribution in [0.2, 0.25) is 0 Å². The Morgan fingerprint density at radius 2 is 2.11 bits per heavy atom. The molecule has 0 bridgehead atoms. The van der Waals surface area contributed by atoms with Crippen LogP contribution >= 0.6 is 28.3 Å². The lowest BCUT2D eigenvalue weighted by Gasteiger charge is -1.84. The fraction of sp³-hybridized carbons (Fsp3) is 0. The van der Waals surface area contributed by atoms with Crippen molar-refractivity contribution < 1.29 is 9.36 Å². The Morgan fingerprint density at radius 1 is 1.56 bits per heavy atom. The van der Waals surface area contributed by atoms with Gasteiger partial charge in [-0.3, -0.25) is 4.57 Å². The molecule has 0 aromatic rings. The van der Waals surface area contributed by atoms with E-state index in [1.165, 1.54) is 6.08 Å². The molecule has 0 N–H and O–H groups in total. The Hall–Kier alpha value is -0.0700. The standard InChI is InChI=1S/C3H2Cl2NO2P/c4-9(5,8)2-1-6-3-7/h1-2H. The molecule has 0 amide bonds. The van der Waals surface area contributed by atoms with Gasteiger partial charge in [-0.25, -0.2) is 4.79 Å². The van der Waals surface area contributed by atoms with Crippen LogP contribution in [0.5, 0.6) is 0 Å². The van der Waals surface area contributed by atoms with Crippen LogP contribution in [0.15, 0.2) is 17.0 Å². The molecule has 0 saturated heterocycles. The van der Waals surface area contributed by atoms with Gasteiger partial charge < -0.3 is 0 Å². The maximum atomic E-state index is 10.3. The first-order chi connectivity index (χ1) is 4.06. The molecule has 0 aliphatic carbocycles. The monoisotopic (exact) mass is 185 g/mol. The Labute approximate surface area is 61.3 Å². The highest BCUT2D eigenvalue weighted by Gasteiger charge is 2.05. The number of rotatable bonds is 2. The van der Waals surface area contributed by atoms with Gasteiger partial charge in [-0.2, -0.15) is 4.99 Å². The van der Waals surface area contributed by atoms with Crippen LogP contribution < -0.4 is 0 Å². The van der Waals surface area contributed by atoms with Crippen molar-refractivity contribution in [3.8, 4) is 0 Å². The second kappa shape index (κ2) is 3.86. The van der Waals surface area contributed by atoms with E-state index in [-0.39, 0.29) is 0 Å². The second-order valence-corrected chi connectivity index (χ2v) is 5.86. The highest BCUT2D eigenvalue weighted by molar-refractivity contribution is 8.10. The Kier molecular flexibility index (Phi) is 3.83. The van der Waals surface area contributed by atoms with Crippen molar-refractivity contribution in [1.29, 1.82) is 0 Å². The minimum absolute atomic E-state index is 0.932. The quantitative estimate of drug-likeness (QED) is 0.377. The average molecular weight is 186 g/mol. The van der Waals surface area contributed by atoms with E-state index in [9.17, 15) is 9.36 Å². The van der Waals surface area contributed by atoms with Gasteiger partial charge in [0.2, 0.25) is 6.08 Å². The summed E-state index contributed by atoms with van der Waals surface area (Å²) in [7, 11) is 0. The zero-order valence-electron chi connectivity index (χ0n) is 4.12. The van der Waals surface area contributed by atoms with Gasteiger partial charge in [0, 0.05) is 12.0 Å². The number of isocyanates is 1. The van der Waals surface area contributed by atoms with E-state index in [0.717, 1.165) is 12.0 Å². The number of hydrogen-bond donors (Lipinski definition) is 0. The van der Waals surface area contributed by atoms with E-state index in [1.54, 1.807) is 0 Å². The highest BCUT2D eigenvalue weighted by Crippen LogP contribution is 2.57. The first kappa shape index (κ1) is 8.93. The molecule has 3 nitrogen and oxygen atoms in total. The summed E-state index contributed by atoms with van der Waals surface area (Å²) >= 11 is 10.0. The molecule has 0 saturated carbocycles. The minimum atomic E-state index is -3.20. The molecule has 0 aliphatic rings. The molecule has 0 aromatic carbocycles. The zero-order chi connectivity index (χ0) is 7.33. The molecule has 50 valence electrons. The van der Waals surface area contributed by atoms with Gasteiger partial charge >= 0.3 is 0 Å². The smallest absolute Gasteiger partial charge is 0.276 e. The van der Waals surface area contributed by atoms with Gasteiger partial charge in [0.25, 0.3) is 5.85 Å². The molecule has 9 heavy (non-hydrogen) atoms. The summed E-state index contributed by atoms with van der Waals surface area (Å²) < 4.78 is 10.3. The Morgan fingerprint density at radius 3 is 2.44 bits per heavy atom. The third kappa shape index (κ3) is 7.93. The van der Waals surface area contributed by atoms with E-state index in [0.29, 0.717) is 0 Å². The van der Waals surface area contributed by atoms with E-state index >= 15 is 0 Å². The summed E-state index contributed by atoms with van der Waals surface area (Å²) in [5.74, 6) is -2.27. The Balaban J connectivity index is 4.02. The molecule has 6 heteroatoms. The summed E-state index contributed by atoms with van der Waals surface area (Å²) in [5.41, 5.74) is 0. The van der Waals surface area contributed by atoms with Crippen molar-refractivity contribution in [2.24, 2.45) is 4.99 Å². The summed E-state index contributed by atoms with van der Waals surface area (Å²) in [6.07, 6.45) is 2.13. The first-order valence-corrected chi connectivity index (χ1v) is 5.38. The topological polar surface area (TPSA) is 46.5 Å². The van der Waals surface area contributed by atoms with Crippen LogP contribution in [0.1, 0.15) is 0 Å². The van der Waals surface area contributed by atoms with Gasteiger partial charge in [0.1, 0.15) is 0 Å². The van der Waals surface area contributed by atoms with E-state index in [4.69, 9.17) is 22.5 Å². The molecule has 0 aliphatic heterocycles. The third-order valence-electron chi connectivity index (χ3n) is 0.367. The predicted octanol–water partition coefficient (Wildman–Crippen LogP) is 2.46. The summed E-state index contributed by atoms with van der Waals surface area (Å²) in [4.78, 5) is 12.3. The fourth-order valence-corrected chi connectivity index (χ4v) is 0.666. The molecular weight excluding hydrogens is 184 g/mol. The Bertz CT molecular complexity index is 202. The maximum absolute atomic E-state index is 10.3. The average Bonchev–Trinajstić information content (AvgIpc) is 1.63. The zero-order valence-corrected chi connectivity index (χ0v) is 6.53. The number of aliphatic imine (C=N–C) groups is 1. The first-order valence-electron chi connectivity index (χ1n) is 1.80. The maximum Gasteiger partial charge on any atom is 0.276 e. The van der Waals surface area contributed by atoms with Gasteiger partial charge in [-0.15, -0.1) is 0 Å². The van der Waals surface area contributed by atoms with Crippen LogP contribution in [-0.4, -0.2) is 6.08 Å². The molecule has 0 unspecified atom stereocenters. The van der Waals surface area contributed by atoms with Gasteiger partial charge in [0.05, 0.1) is 0 Å². The third-order valence-corrected chi connectivity index (χ3v) is 1.52. The lowest BCUT2D eigenvalue weighted by Crippen LogP contribution is -1.49. The van der Waals surface area contributed by atoms with Crippen LogP contribution in [0.4, 0.5) is 0 Å². The highest BCUT2D eigenvalue weighted by atomic mass is 35.9. The lowest BCUT2D eigenvalue weighted by atomic mass is 11.0. The van der Waals surface area contributed by atoms with E-state index in [2.05, 4.69) is 4.99 Å². The molecular formula is C3H2Cl2NO2P. The molecule has 0 fully saturated rings. The summed E-state index contributed by atoms with van der Waals surface area (Å²) in [6.45, 7) is 0. The molecule has 0 heterocycles. The molecule has 0 radical (unpaired) electrons. The number of carbonyl (C=O) groups excluding carboxylic acids is 1. The fourth-order valence-electron chi connectivity index (χ4n) is 0.141. The summed E-state index contributed by atoms with van der Waals surface area (Å²) in [6, 6.07) is 0. The van der Waals surface area contributed by atoms with Crippen LogP contribution in [0, 0.1) is 0 Å². The number of nitrogens with zero attached hydrogens (tertiary/aromatic N) is 1. The second-order valence-electron chi connectivity index (χ2n) is 1.02. The molecule has 0 atom stereocenters. The van der Waals surface area contributed by atoms with Crippen molar-refractivity contribution >= 4 is 34.4 Å². The SMILES string of the molecule is O=C=NC=CP(=O)(Cl)Cl. The molecule has 0 aromatic heterocycles. The van der Waals surface area contributed by atoms with Crippen molar-refractivity contribution in [2.75, 3.05) is 0 Å². The largest absolute Gasteiger partial charge is 0.285 e. The predicted molar refractivity (Wildman–Crippen MR) is 36.6 cm³/mol. The van der Waals surface area contributed by atoms with Gasteiger partial charge in [-0.05, 0) is 22.5 Å². The molecule has 0 rings (SSSR count). The van der Waals surface area contributed by atoms with Gasteiger partial charge in [0.15, 0.2) is 0 Å². The summed E-state index contributed by atoms with van der Waals surface area (Å²) in [5, 5.41) is 0. The van der Waals surface area contributed by atoms with Crippen molar-refractivity contribution in [3.05, 3.63) is 12.0 Å². The van der Waals surface area contributed by atoms with E-state index < -0.39 is 5.85 Å². The molecule has 0 spiro atoms. The normalized spacial score (nSPS) is 11.3. The lowest BCUT2D eigenvalue weighted by molar-refractivity contribution is 0.565. The van der Waals surface area contributed by atoms with Crippen molar-refractivity contribution in [3.63, 3.8) is 0 Å². The minimum Gasteiger partial charge on any atom is -0.285 e. The number of halogens is 2. The van der Waals surface area contributed by atoms with Crippen molar-refractivity contribution in [1.82, 2.24) is 0 Å². The number of hydrogen-bond acceptors (Lipinski definition) is 3. The van der Waals surface area contributed by atoms with Crippen LogP contribution in [0.25, 0.3) is 0 Å². The van der Waals surface area contributed by atoms with Crippen LogP contribution in [-0.2, 0) is 9.36 Å². The van der Waals surface area contributed by atoms with E-state index in [1.807, 2.05) is 0 Å². The van der Waals surface area contributed by atoms with Crippen molar-refractivity contribution in [2.45, 2.75) is 0 Å². The van der Waals surface area contributed by atoms with Gasteiger partial charge in [-0.1, -0.05) is 0 Å².